The van der Waals surface area contributed by atoms with Gasteiger partial charge in [-0.1, -0.05) is 136 Å². The van der Waals surface area contributed by atoms with Crippen molar-refractivity contribution in [3.8, 4) is 0 Å². The van der Waals surface area contributed by atoms with Crippen LogP contribution in [0.3, 0.4) is 0 Å². The van der Waals surface area contributed by atoms with E-state index in [0.29, 0.717) is 43.5 Å². The third kappa shape index (κ3) is 21.7. The number of nitrogens with zero attached hydrogens (tertiary/aromatic N) is 8. The lowest BCUT2D eigenvalue weighted by Gasteiger charge is -2.41. The number of hydrogen-bond acceptors (Lipinski definition) is 13. The zero-order chi connectivity index (χ0) is 72.3. The van der Waals surface area contributed by atoms with Crippen molar-refractivity contribution in [1.29, 1.82) is 0 Å². The molecular weight excluding hydrogens is 1220 g/mol. The molecule has 2 aromatic rings. The van der Waals surface area contributed by atoms with E-state index in [1.54, 1.807) is 79.4 Å². The lowest BCUT2D eigenvalue weighted by Crippen LogP contribution is -2.63. The first-order valence-electron chi connectivity index (χ1n) is 34.5. The van der Waals surface area contributed by atoms with Crippen LogP contribution in [0.4, 0.5) is 0 Å². The van der Waals surface area contributed by atoms with Crippen LogP contribution in [0.15, 0.2) is 60.7 Å². The van der Waals surface area contributed by atoms with Gasteiger partial charge in [-0.2, -0.15) is 0 Å². The fraction of sp³-hybridized carbons (Fsp3) is 0.671. The Hall–Kier alpha value is -7.56. The Balaban J connectivity index is 1.96. The molecule has 534 valence electrons. The largest absolute Gasteiger partial charge is 0.391 e. The summed E-state index contributed by atoms with van der Waals surface area (Å²) in [5, 5.41) is 17.1. The second-order valence-electron chi connectivity index (χ2n) is 28.6. The topological polar surface area (TPSA) is 275 Å². The number of amides is 10. The number of ketones is 2. The Labute approximate surface area is 571 Å². The average Bonchev–Trinajstić information content (AvgIpc) is 0.811. The van der Waals surface area contributed by atoms with Crippen molar-refractivity contribution >= 4 is 70.6 Å². The van der Waals surface area contributed by atoms with E-state index in [9.17, 15) is 29.1 Å². The lowest BCUT2D eigenvalue weighted by atomic mass is 9.90. The second kappa shape index (κ2) is 37.2. The molecule has 0 aliphatic carbocycles. The van der Waals surface area contributed by atoms with Crippen molar-refractivity contribution < 1.29 is 62.6 Å². The molecule has 2 aliphatic heterocycles. The van der Waals surface area contributed by atoms with Crippen LogP contribution in [-0.4, -0.2) is 238 Å². The summed E-state index contributed by atoms with van der Waals surface area (Å²) in [7, 11) is 10.1. The van der Waals surface area contributed by atoms with Crippen LogP contribution in [0.25, 0.3) is 0 Å². The van der Waals surface area contributed by atoms with Crippen molar-refractivity contribution in [3.63, 3.8) is 0 Å². The maximum absolute atomic E-state index is 15.5. The van der Waals surface area contributed by atoms with Crippen molar-refractivity contribution in [3.05, 3.63) is 71.8 Å². The molecule has 23 heteroatoms. The molecular formula is C73H114N10O13. The summed E-state index contributed by atoms with van der Waals surface area (Å²) in [5.74, 6) is -10.5. The smallest absolute Gasteiger partial charge is 0.248 e. The molecule has 23 nitrogen and oxygen atoms in total. The first-order valence-corrected chi connectivity index (χ1v) is 34.5. The molecule has 96 heavy (non-hydrogen) atoms. The number of carbonyl (C=O) groups is 12. The monoisotopic (exact) mass is 1340 g/mol. The molecule has 0 radical (unpaired) electrons. The molecule has 0 saturated carbocycles. The van der Waals surface area contributed by atoms with Crippen LogP contribution in [0.5, 0.6) is 0 Å². The summed E-state index contributed by atoms with van der Waals surface area (Å²) < 4.78 is 0. The van der Waals surface area contributed by atoms with Crippen LogP contribution in [0.2, 0.25) is 0 Å². The number of piperidine rings is 1. The standard InChI is InChI=1S/C73H114N10O13/c1-20-47(8)63-73(96)81(18)58(37-45(4)5)69(92)77(14)56(41-52-30-24-21-25-31-52)65(88)75-62(51(12)84)72(95)80(17)60(42-53-32-26-22-27-33-53)70(93)79(16)57(36-44(2)3)68(91)76(13)50(11)64(87)74-55(67(90)83-34-28-23-29-35-83)43-54(85)39-48(9)61(86)40-49(10)66(89)78(15)59(38-46(6)7)71(94)82(63)19/h21-22,24-27,30-33,44-51,55-60,62-63,84H,20,23,28-29,34-43H2,1-19H3,(H,74,87)(H,75,88)/t47-,48-,49+,50-,51+,55-,56-,57-,58-,59-,60-,62-,63-/m0/s1. The van der Waals surface area contributed by atoms with Gasteiger partial charge in [0.05, 0.1) is 6.10 Å². The Bertz CT molecular complexity index is 2990. The number of likely N-dealkylation sites (tertiary alicyclic amines) is 1. The minimum absolute atomic E-state index is 0.0869. The van der Waals surface area contributed by atoms with Crippen molar-refractivity contribution in [1.82, 2.24) is 49.8 Å². The maximum Gasteiger partial charge on any atom is 0.248 e. The number of hydrogen-bond donors (Lipinski definition) is 3. The lowest BCUT2D eigenvalue weighted by molar-refractivity contribution is -0.156. The molecule has 2 aromatic carbocycles. The van der Waals surface area contributed by atoms with Crippen molar-refractivity contribution in [2.75, 3.05) is 62.4 Å². The first-order chi connectivity index (χ1) is 45.0. The molecule has 13 atom stereocenters. The molecule has 10 amide bonds. The number of aliphatic hydroxyl groups excluding tert-OH is 1. The Morgan fingerprint density at radius 1 is 0.469 bits per heavy atom. The van der Waals surface area contributed by atoms with Gasteiger partial charge in [0.1, 0.15) is 65.9 Å². The third-order valence-corrected chi connectivity index (χ3v) is 19.4. The molecule has 0 bridgehead atoms. The normalized spacial score (nSPS) is 26.8. The van der Waals surface area contributed by atoms with Crippen LogP contribution in [0.1, 0.15) is 158 Å². The van der Waals surface area contributed by atoms with Crippen molar-refractivity contribution in [2.45, 2.75) is 221 Å². The van der Waals surface area contributed by atoms with E-state index in [-0.39, 0.29) is 62.7 Å². The molecule has 0 spiro atoms. The van der Waals surface area contributed by atoms with Gasteiger partial charge in [-0.25, -0.2) is 0 Å². The SMILES string of the molecule is CC[C@H](C)[C@H]1C(=O)N(C)[C@@H](CC(C)C)C(=O)N(C)[C@@H](Cc2ccccc2)C(=O)N[C@@H]([C@@H](C)O)C(=O)N(C)[C@@H](Cc2ccccc2)C(=O)N(C)[C@@H](CC(C)C)C(=O)N(C)[C@@H](C)C(=O)N[C@H](C(=O)N2CCCCC2)CC(=O)C[C@H](C)C(=O)C[C@@H](C)C(=O)N(C)[C@@H](CC(C)C)C(=O)N1C. The van der Waals surface area contributed by atoms with Gasteiger partial charge in [0.15, 0.2) is 0 Å². The molecule has 0 unspecified atom stereocenters. The third-order valence-electron chi connectivity index (χ3n) is 19.4. The van der Waals surface area contributed by atoms with E-state index < -0.39 is 155 Å². The van der Waals surface area contributed by atoms with E-state index in [2.05, 4.69) is 10.6 Å². The minimum Gasteiger partial charge on any atom is -0.391 e. The molecule has 4 rings (SSSR count). The van der Waals surface area contributed by atoms with Gasteiger partial charge >= 0.3 is 0 Å². The van der Waals surface area contributed by atoms with Gasteiger partial charge in [-0.3, -0.25) is 57.5 Å². The molecule has 2 heterocycles. The highest BCUT2D eigenvalue weighted by molar-refractivity contribution is 6.00. The van der Waals surface area contributed by atoms with Gasteiger partial charge in [0.25, 0.3) is 0 Å². The predicted octanol–water partition coefficient (Wildman–Crippen LogP) is 5.42. The minimum atomic E-state index is -1.72. The highest BCUT2D eigenvalue weighted by Crippen LogP contribution is 2.27. The van der Waals surface area contributed by atoms with Gasteiger partial charge in [-0.05, 0) is 87.2 Å². The summed E-state index contributed by atoms with van der Waals surface area (Å²) in [6, 6.07) is 5.87. The Morgan fingerprint density at radius 2 is 0.885 bits per heavy atom. The second-order valence-corrected chi connectivity index (χ2v) is 28.6. The highest BCUT2D eigenvalue weighted by atomic mass is 16.3. The van der Waals surface area contributed by atoms with E-state index >= 15 is 33.6 Å². The van der Waals surface area contributed by atoms with Crippen LogP contribution < -0.4 is 10.6 Å². The van der Waals surface area contributed by atoms with Crippen molar-refractivity contribution in [2.24, 2.45) is 35.5 Å². The van der Waals surface area contributed by atoms with Crippen LogP contribution >= 0.6 is 0 Å². The fourth-order valence-corrected chi connectivity index (χ4v) is 12.9. The van der Waals surface area contributed by atoms with Gasteiger partial charge < -0.3 is 54.9 Å². The average molecular weight is 1340 g/mol. The Morgan fingerprint density at radius 3 is 1.35 bits per heavy atom. The van der Waals surface area contributed by atoms with Gasteiger partial charge in [0.2, 0.25) is 59.1 Å². The number of Topliss-reactive ketones (excluding diaryl/α,β-unsaturated/α-hetero) is 2. The number of carbonyl (C=O) groups excluding carboxylic acids is 12. The van der Waals surface area contributed by atoms with Gasteiger partial charge in [-0.15, -0.1) is 0 Å². The van der Waals surface area contributed by atoms with Crippen LogP contribution in [-0.2, 0) is 70.4 Å². The number of rotatable bonds is 14. The quantitative estimate of drug-likeness (QED) is 0.213. The first kappa shape index (κ1) is 80.9. The predicted molar refractivity (Wildman–Crippen MR) is 368 cm³/mol. The number of likely N-dealkylation sites (N-methyl/N-ethyl adjacent to an activating group) is 7. The van der Waals surface area contributed by atoms with Crippen LogP contribution in [0, 0.1) is 35.5 Å². The zero-order valence-corrected chi connectivity index (χ0v) is 60.8. The van der Waals surface area contributed by atoms with E-state index in [4.69, 9.17) is 0 Å². The summed E-state index contributed by atoms with van der Waals surface area (Å²) in [5.41, 5.74) is 1.26. The molecule has 2 fully saturated rings. The summed E-state index contributed by atoms with van der Waals surface area (Å²) in [4.78, 5) is 189. The molecule has 2 saturated heterocycles. The molecule has 2 aliphatic rings. The molecule has 3 N–H and O–H groups in total. The summed E-state index contributed by atoms with van der Waals surface area (Å²) >= 11 is 0. The van der Waals surface area contributed by atoms with E-state index in [1.165, 1.54) is 92.6 Å². The Kier molecular flexibility index (Phi) is 31.4. The number of nitrogens with one attached hydrogen (secondary N) is 2. The zero-order valence-electron chi connectivity index (χ0n) is 60.8. The fourth-order valence-electron chi connectivity index (χ4n) is 12.9. The van der Waals surface area contributed by atoms with E-state index in [1.807, 2.05) is 55.4 Å². The summed E-state index contributed by atoms with van der Waals surface area (Å²) in [6.07, 6.45) is 0.240. The maximum atomic E-state index is 15.5. The number of aliphatic hydroxyl groups is 1. The highest BCUT2D eigenvalue weighted by Gasteiger charge is 2.46. The molecule has 0 aromatic heterocycles. The number of benzene rings is 2. The van der Waals surface area contributed by atoms with Gasteiger partial charge in [0, 0.05) is 106 Å². The van der Waals surface area contributed by atoms with E-state index in [0.717, 1.165) is 11.3 Å². The summed E-state index contributed by atoms with van der Waals surface area (Å²) in [6.45, 7) is 21.6.